The van der Waals surface area contributed by atoms with E-state index >= 15 is 0 Å². The number of aromatic carboxylic acids is 1. The monoisotopic (exact) mass is 308 g/mol. The largest absolute Gasteiger partial charge is 0.478 e. The molecule has 0 aliphatic rings. The van der Waals surface area contributed by atoms with Crippen molar-refractivity contribution >= 4 is 11.8 Å². The number of hydrogen-bond acceptors (Lipinski definition) is 5. The number of aromatic nitrogens is 2. The Hall–Kier alpha value is -3.28. The SMILES string of the molecule is CC(=O)c1ccc(-c2nnc(-c3ccc(C(=O)O)cc3)o2)cc1. The molecule has 0 bridgehead atoms. The lowest BCUT2D eigenvalue weighted by Gasteiger charge is -1.98. The van der Waals surface area contributed by atoms with Crippen molar-refractivity contribution in [3.63, 3.8) is 0 Å². The first-order valence-corrected chi connectivity index (χ1v) is 6.83. The van der Waals surface area contributed by atoms with E-state index < -0.39 is 5.97 Å². The maximum absolute atomic E-state index is 11.3. The van der Waals surface area contributed by atoms with Gasteiger partial charge >= 0.3 is 5.97 Å². The first-order chi connectivity index (χ1) is 11.0. The highest BCUT2D eigenvalue weighted by Crippen LogP contribution is 2.24. The summed E-state index contributed by atoms with van der Waals surface area (Å²) in [7, 11) is 0. The molecule has 0 spiro atoms. The summed E-state index contributed by atoms with van der Waals surface area (Å²) >= 11 is 0. The second-order valence-electron chi connectivity index (χ2n) is 4.93. The lowest BCUT2D eigenvalue weighted by Crippen LogP contribution is -1.94. The number of benzene rings is 2. The molecule has 1 heterocycles. The quantitative estimate of drug-likeness (QED) is 0.743. The predicted octanol–water partition coefficient (Wildman–Crippen LogP) is 3.30. The van der Waals surface area contributed by atoms with Gasteiger partial charge in [-0.15, -0.1) is 10.2 Å². The summed E-state index contributed by atoms with van der Waals surface area (Å²) in [6.07, 6.45) is 0. The van der Waals surface area contributed by atoms with Crippen molar-refractivity contribution in [2.75, 3.05) is 0 Å². The Morgan fingerprint density at radius 3 is 1.65 bits per heavy atom. The molecule has 114 valence electrons. The zero-order valence-corrected chi connectivity index (χ0v) is 12.2. The Kier molecular flexibility index (Phi) is 3.72. The molecule has 0 unspecified atom stereocenters. The molecule has 1 aromatic heterocycles. The minimum Gasteiger partial charge on any atom is -0.478 e. The molecule has 1 N–H and O–H groups in total. The van der Waals surface area contributed by atoms with E-state index in [9.17, 15) is 9.59 Å². The van der Waals surface area contributed by atoms with Crippen LogP contribution in [0.3, 0.4) is 0 Å². The molecule has 0 aliphatic carbocycles. The fourth-order valence-corrected chi connectivity index (χ4v) is 2.06. The minimum absolute atomic E-state index is 0.0127. The molecule has 3 rings (SSSR count). The summed E-state index contributed by atoms with van der Waals surface area (Å²) in [6, 6.07) is 13.0. The fraction of sp³-hybridized carbons (Fsp3) is 0.0588. The lowest BCUT2D eigenvalue weighted by molar-refractivity contribution is 0.0696. The highest BCUT2D eigenvalue weighted by Gasteiger charge is 2.12. The van der Waals surface area contributed by atoms with Crippen LogP contribution in [-0.2, 0) is 0 Å². The summed E-state index contributed by atoms with van der Waals surface area (Å²) in [5, 5.41) is 16.8. The average Bonchev–Trinajstić information content (AvgIpc) is 3.05. The van der Waals surface area contributed by atoms with Gasteiger partial charge in [0.1, 0.15) is 0 Å². The highest BCUT2D eigenvalue weighted by atomic mass is 16.4. The molecule has 0 saturated heterocycles. The number of nitrogens with zero attached hydrogens (tertiary/aromatic N) is 2. The molecular weight excluding hydrogens is 296 g/mol. The van der Waals surface area contributed by atoms with Crippen molar-refractivity contribution < 1.29 is 19.1 Å². The van der Waals surface area contributed by atoms with Gasteiger partial charge in [0.15, 0.2) is 5.78 Å². The van der Waals surface area contributed by atoms with E-state index in [1.165, 1.54) is 19.1 Å². The number of Topliss-reactive ketones (excluding diaryl/α,β-unsaturated/α-hetero) is 1. The van der Waals surface area contributed by atoms with Crippen molar-refractivity contribution in [2.45, 2.75) is 6.92 Å². The topological polar surface area (TPSA) is 93.3 Å². The number of hydrogen-bond donors (Lipinski definition) is 1. The van der Waals surface area contributed by atoms with Crippen molar-refractivity contribution in [3.8, 4) is 22.9 Å². The first kappa shape index (κ1) is 14.6. The van der Waals surface area contributed by atoms with Crippen LogP contribution < -0.4 is 0 Å². The molecule has 3 aromatic rings. The highest BCUT2D eigenvalue weighted by molar-refractivity contribution is 5.94. The van der Waals surface area contributed by atoms with Crippen LogP contribution in [0.1, 0.15) is 27.6 Å². The van der Waals surface area contributed by atoms with Crippen LogP contribution in [0.25, 0.3) is 22.9 Å². The van der Waals surface area contributed by atoms with Crippen molar-refractivity contribution in [3.05, 3.63) is 59.7 Å². The molecule has 2 aromatic carbocycles. The Bertz CT molecular complexity index is 792. The summed E-state index contributed by atoms with van der Waals surface area (Å²) < 4.78 is 5.60. The number of carboxylic acid groups (broad SMARTS) is 1. The average molecular weight is 308 g/mol. The molecule has 0 amide bonds. The second-order valence-corrected chi connectivity index (χ2v) is 4.93. The third kappa shape index (κ3) is 3.01. The number of carbonyl (C=O) groups is 2. The number of carboxylic acids is 1. The van der Waals surface area contributed by atoms with Gasteiger partial charge in [-0.1, -0.05) is 12.1 Å². The lowest BCUT2D eigenvalue weighted by atomic mass is 10.1. The first-order valence-electron chi connectivity index (χ1n) is 6.83. The Balaban J connectivity index is 1.87. The van der Waals surface area contributed by atoms with E-state index in [1.807, 2.05) is 0 Å². The van der Waals surface area contributed by atoms with E-state index in [1.54, 1.807) is 36.4 Å². The maximum Gasteiger partial charge on any atom is 0.335 e. The number of ketones is 1. The van der Waals surface area contributed by atoms with Gasteiger partial charge in [-0.25, -0.2) is 4.79 Å². The van der Waals surface area contributed by atoms with Gasteiger partial charge in [0.25, 0.3) is 0 Å². The van der Waals surface area contributed by atoms with Gasteiger partial charge in [0, 0.05) is 16.7 Å². The molecule has 0 saturated carbocycles. The summed E-state index contributed by atoms with van der Waals surface area (Å²) in [6.45, 7) is 1.50. The van der Waals surface area contributed by atoms with Gasteiger partial charge in [-0.2, -0.15) is 0 Å². The van der Waals surface area contributed by atoms with Crippen LogP contribution >= 0.6 is 0 Å². The zero-order valence-electron chi connectivity index (χ0n) is 12.2. The second kappa shape index (κ2) is 5.84. The Labute approximate surface area is 131 Å². The van der Waals surface area contributed by atoms with E-state index in [4.69, 9.17) is 9.52 Å². The van der Waals surface area contributed by atoms with Gasteiger partial charge in [-0.3, -0.25) is 4.79 Å². The number of rotatable bonds is 4. The standard InChI is InChI=1S/C17H12N2O4/c1-10(20)11-2-4-12(5-3-11)15-18-19-16(23-15)13-6-8-14(9-7-13)17(21)22/h2-9H,1H3,(H,21,22). The van der Waals surface area contributed by atoms with E-state index in [0.29, 0.717) is 28.5 Å². The van der Waals surface area contributed by atoms with Crippen LogP contribution in [0.2, 0.25) is 0 Å². The van der Waals surface area contributed by atoms with Crippen molar-refractivity contribution in [1.29, 1.82) is 0 Å². The smallest absolute Gasteiger partial charge is 0.335 e. The molecule has 6 nitrogen and oxygen atoms in total. The molecule has 6 heteroatoms. The van der Waals surface area contributed by atoms with Crippen LogP contribution in [0, 0.1) is 0 Å². The minimum atomic E-state index is -0.992. The van der Waals surface area contributed by atoms with Gasteiger partial charge in [0.2, 0.25) is 11.8 Å². The van der Waals surface area contributed by atoms with Crippen molar-refractivity contribution in [2.24, 2.45) is 0 Å². The third-order valence-electron chi connectivity index (χ3n) is 3.34. The Morgan fingerprint density at radius 2 is 1.26 bits per heavy atom. The van der Waals surface area contributed by atoms with Gasteiger partial charge in [0.05, 0.1) is 5.56 Å². The summed E-state index contributed by atoms with van der Waals surface area (Å²) in [4.78, 5) is 22.1. The maximum atomic E-state index is 11.3. The van der Waals surface area contributed by atoms with E-state index in [2.05, 4.69) is 10.2 Å². The predicted molar refractivity (Wildman–Crippen MR) is 82.1 cm³/mol. The van der Waals surface area contributed by atoms with E-state index in [0.717, 1.165) is 0 Å². The fourth-order valence-electron chi connectivity index (χ4n) is 2.06. The van der Waals surface area contributed by atoms with Crippen LogP contribution in [0.15, 0.2) is 52.9 Å². The van der Waals surface area contributed by atoms with E-state index in [-0.39, 0.29) is 11.3 Å². The molecule has 0 radical (unpaired) electrons. The van der Waals surface area contributed by atoms with Crippen molar-refractivity contribution in [1.82, 2.24) is 10.2 Å². The zero-order chi connectivity index (χ0) is 16.4. The summed E-state index contributed by atoms with van der Waals surface area (Å²) in [5.41, 5.74) is 2.14. The van der Waals surface area contributed by atoms with Gasteiger partial charge < -0.3 is 9.52 Å². The Morgan fingerprint density at radius 1 is 0.826 bits per heavy atom. The molecule has 23 heavy (non-hydrogen) atoms. The molecule has 0 atom stereocenters. The summed E-state index contributed by atoms with van der Waals surface area (Å²) in [5.74, 6) is -0.375. The molecule has 0 aliphatic heterocycles. The third-order valence-corrected chi connectivity index (χ3v) is 3.34. The van der Waals surface area contributed by atoms with Crippen LogP contribution in [0.5, 0.6) is 0 Å². The number of carbonyl (C=O) groups excluding carboxylic acids is 1. The molecule has 0 fully saturated rings. The molecular formula is C17H12N2O4. The van der Waals surface area contributed by atoms with Gasteiger partial charge in [-0.05, 0) is 43.3 Å². The van der Waals surface area contributed by atoms with Crippen LogP contribution in [0.4, 0.5) is 0 Å². The normalized spacial score (nSPS) is 10.5. The van der Waals surface area contributed by atoms with Crippen LogP contribution in [-0.4, -0.2) is 27.1 Å².